The van der Waals surface area contributed by atoms with Crippen molar-refractivity contribution in [2.45, 2.75) is 22.7 Å². The number of hydrogen-bond acceptors (Lipinski definition) is 6. The molecule has 3 heterocycles. The van der Waals surface area contributed by atoms with Crippen molar-refractivity contribution in [2.75, 3.05) is 10.2 Å². The summed E-state index contributed by atoms with van der Waals surface area (Å²) in [6, 6.07) is 27.2. The molecule has 2 aliphatic rings. The maximum absolute atomic E-state index is 14.0. The largest absolute Gasteiger partial charge is 0.324 e. The number of amides is 3. The standard InChI is InChI=1S/C32H21Cl2N3O4S2/c33-21-14-7-13-20(26(21)34)24-25-27(30(40)37(29(25)39)18-10-2-1-3-11-18)42-31-28(24)43-32(41)36(31)16-23(38)35-22-15-6-9-17-8-4-5-12-19(17)22/h1-15,24-25,27H,16H2,(H,35,38)/t24-,25-,27+/m0/s1. The van der Waals surface area contributed by atoms with Gasteiger partial charge in [0, 0.05) is 21.9 Å². The van der Waals surface area contributed by atoms with E-state index in [-0.39, 0.29) is 34.2 Å². The first-order valence-corrected chi connectivity index (χ1v) is 15.8. The number of thiazole rings is 1. The lowest BCUT2D eigenvalue weighted by Crippen LogP contribution is -2.33. The van der Waals surface area contributed by atoms with Crippen LogP contribution in [0.1, 0.15) is 16.4 Å². The van der Waals surface area contributed by atoms with Crippen LogP contribution >= 0.6 is 46.3 Å². The van der Waals surface area contributed by atoms with E-state index in [0.29, 0.717) is 31.9 Å². The van der Waals surface area contributed by atoms with Gasteiger partial charge in [0.25, 0.3) is 0 Å². The van der Waals surface area contributed by atoms with E-state index in [1.165, 1.54) is 9.47 Å². The monoisotopic (exact) mass is 645 g/mol. The number of rotatable bonds is 5. The lowest BCUT2D eigenvalue weighted by atomic mass is 9.83. The molecule has 0 unspecified atom stereocenters. The van der Waals surface area contributed by atoms with Crippen LogP contribution in [0.15, 0.2) is 101 Å². The first-order chi connectivity index (χ1) is 20.8. The molecule has 3 atom stereocenters. The molecule has 4 aromatic carbocycles. The zero-order valence-electron chi connectivity index (χ0n) is 22.2. The molecule has 1 saturated heterocycles. The van der Waals surface area contributed by atoms with Gasteiger partial charge in [-0.05, 0) is 35.2 Å². The third-order valence-corrected chi connectivity index (χ3v) is 11.2. The minimum atomic E-state index is -0.832. The fraction of sp³-hybridized carbons (Fsp3) is 0.125. The van der Waals surface area contributed by atoms with Gasteiger partial charge in [-0.25, -0.2) is 4.90 Å². The molecule has 2 aliphatic heterocycles. The Morgan fingerprint density at radius 1 is 0.837 bits per heavy atom. The highest BCUT2D eigenvalue weighted by Gasteiger charge is 2.57. The molecule has 7 nitrogen and oxygen atoms in total. The van der Waals surface area contributed by atoms with E-state index in [1.54, 1.807) is 42.5 Å². The molecule has 11 heteroatoms. The number of nitrogens with one attached hydrogen (secondary N) is 1. The molecule has 43 heavy (non-hydrogen) atoms. The zero-order chi connectivity index (χ0) is 29.8. The summed E-state index contributed by atoms with van der Waals surface area (Å²) in [5, 5.41) is 4.98. The van der Waals surface area contributed by atoms with E-state index in [0.717, 1.165) is 33.9 Å². The Hall–Kier alpha value is -3.89. The van der Waals surface area contributed by atoms with Gasteiger partial charge in [0.2, 0.25) is 17.7 Å². The molecule has 0 bridgehead atoms. The van der Waals surface area contributed by atoms with Crippen molar-refractivity contribution < 1.29 is 14.4 Å². The highest BCUT2D eigenvalue weighted by atomic mass is 35.5. The van der Waals surface area contributed by atoms with Crippen LogP contribution in [0.5, 0.6) is 0 Å². The van der Waals surface area contributed by atoms with Crippen molar-refractivity contribution in [3.8, 4) is 0 Å². The molecule has 0 aliphatic carbocycles. The SMILES string of the molecule is O=C(Cn1c2c(sc1=O)[C@@H](c1cccc(Cl)c1Cl)[C@@H]1C(=O)N(c3ccccc3)C(=O)[C@@H]1S2)Nc1cccc2ccccc12. The molecule has 0 saturated carbocycles. The molecule has 7 rings (SSSR count). The van der Waals surface area contributed by atoms with E-state index >= 15 is 0 Å². The molecule has 3 amide bonds. The van der Waals surface area contributed by atoms with Gasteiger partial charge < -0.3 is 5.32 Å². The third-order valence-electron chi connectivity index (χ3n) is 7.75. The van der Waals surface area contributed by atoms with Gasteiger partial charge in [0.15, 0.2) is 0 Å². The number of imide groups is 1. The fourth-order valence-corrected chi connectivity index (χ4v) is 9.04. The van der Waals surface area contributed by atoms with Gasteiger partial charge in [0.1, 0.15) is 11.8 Å². The molecule has 0 radical (unpaired) electrons. The van der Waals surface area contributed by atoms with E-state index in [9.17, 15) is 19.2 Å². The number of para-hydroxylation sites is 1. The highest BCUT2D eigenvalue weighted by molar-refractivity contribution is 8.00. The predicted octanol–water partition coefficient (Wildman–Crippen LogP) is 6.80. The predicted molar refractivity (Wildman–Crippen MR) is 172 cm³/mol. The van der Waals surface area contributed by atoms with Crippen LogP contribution in [0.2, 0.25) is 10.0 Å². The van der Waals surface area contributed by atoms with E-state index in [2.05, 4.69) is 5.32 Å². The Labute approximate surface area is 264 Å². The van der Waals surface area contributed by atoms with Crippen LogP contribution in [0.3, 0.4) is 0 Å². The van der Waals surface area contributed by atoms with Crippen LogP contribution in [-0.4, -0.2) is 27.5 Å². The van der Waals surface area contributed by atoms with E-state index in [1.807, 2.05) is 48.5 Å². The van der Waals surface area contributed by atoms with E-state index in [4.69, 9.17) is 23.2 Å². The lowest BCUT2D eigenvalue weighted by molar-refractivity contribution is -0.122. The van der Waals surface area contributed by atoms with Crippen molar-refractivity contribution in [1.82, 2.24) is 4.57 Å². The van der Waals surface area contributed by atoms with Crippen molar-refractivity contribution in [2.24, 2.45) is 5.92 Å². The Morgan fingerprint density at radius 2 is 1.56 bits per heavy atom. The summed E-state index contributed by atoms with van der Waals surface area (Å²) in [4.78, 5) is 56.1. The minimum absolute atomic E-state index is 0.255. The molecule has 214 valence electrons. The maximum atomic E-state index is 14.0. The summed E-state index contributed by atoms with van der Waals surface area (Å²) in [6.07, 6.45) is 0. The maximum Gasteiger partial charge on any atom is 0.308 e. The number of aromatic nitrogens is 1. The van der Waals surface area contributed by atoms with Gasteiger partial charge in [0.05, 0.1) is 26.7 Å². The summed E-state index contributed by atoms with van der Waals surface area (Å²) < 4.78 is 1.38. The average molecular weight is 647 g/mol. The lowest BCUT2D eigenvalue weighted by Gasteiger charge is -2.31. The Morgan fingerprint density at radius 3 is 2.37 bits per heavy atom. The van der Waals surface area contributed by atoms with E-state index < -0.39 is 17.1 Å². The molecular formula is C32H21Cl2N3O4S2. The number of anilines is 2. The van der Waals surface area contributed by atoms with Gasteiger partial charge in [-0.1, -0.05) is 113 Å². The summed E-state index contributed by atoms with van der Waals surface area (Å²) in [6.45, 7) is -0.265. The first-order valence-electron chi connectivity index (χ1n) is 13.4. The number of halogens is 2. The molecule has 5 aromatic rings. The van der Waals surface area contributed by atoms with Crippen molar-refractivity contribution >= 4 is 86.2 Å². The topological polar surface area (TPSA) is 88.5 Å². The first kappa shape index (κ1) is 27.9. The number of fused-ring (bicyclic) bond motifs is 3. The van der Waals surface area contributed by atoms with Crippen LogP contribution in [-0.2, 0) is 20.9 Å². The summed E-state index contributed by atoms with van der Waals surface area (Å²) >= 11 is 15.2. The van der Waals surface area contributed by atoms with Crippen LogP contribution in [0.4, 0.5) is 11.4 Å². The van der Waals surface area contributed by atoms with Gasteiger partial charge in [-0.15, -0.1) is 0 Å². The number of carbonyl (C=O) groups is 3. The molecule has 1 N–H and O–H groups in total. The Balaban J connectivity index is 1.30. The minimum Gasteiger partial charge on any atom is -0.324 e. The van der Waals surface area contributed by atoms with Crippen LogP contribution in [0.25, 0.3) is 10.8 Å². The third kappa shape index (κ3) is 4.67. The summed E-state index contributed by atoms with van der Waals surface area (Å²) in [7, 11) is 0. The zero-order valence-corrected chi connectivity index (χ0v) is 25.3. The summed E-state index contributed by atoms with van der Waals surface area (Å²) in [5.41, 5.74) is 1.65. The second kappa shape index (κ2) is 11.0. The fourth-order valence-electron chi connectivity index (χ4n) is 5.85. The second-order valence-electron chi connectivity index (χ2n) is 10.2. The Kier molecular flexibility index (Phi) is 7.13. The number of carbonyl (C=O) groups excluding carboxylic acids is 3. The number of benzene rings is 4. The quantitative estimate of drug-likeness (QED) is 0.212. The van der Waals surface area contributed by atoms with Crippen molar-refractivity contribution in [3.05, 3.63) is 121 Å². The molecular weight excluding hydrogens is 625 g/mol. The van der Waals surface area contributed by atoms with Gasteiger partial charge >= 0.3 is 4.87 Å². The molecule has 1 aromatic heterocycles. The summed E-state index contributed by atoms with van der Waals surface area (Å²) in [5.74, 6) is -2.68. The number of nitrogens with zero attached hydrogens (tertiary/aromatic N) is 2. The average Bonchev–Trinajstić information content (AvgIpc) is 3.45. The Bertz CT molecular complexity index is 2000. The van der Waals surface area contributed by atoms with Gasteiger partial charge in [-0.3, -0.25) is 23.7 Å². The van der Waals surface area contributed by atoms with Crippen LogP contribution in [0, 0.1) is 5.92 Å². The number of thioether (sulfide) groups is 1. The van der Waals surface area contributed by atoms with Crippen LogP contribution < -0.4 is 15.1 Å². The smallest absolute Gasteiger partial charge is 0.308 e. The van der Waals surface area contributed by atoms with Crippen molar-refractivity contribution in [1.29, 1.82) is 0 Å². The number of hydrogen-bond donors (Lipinski definition) is 1. The normalized spacial score (nSPS) is 19.4. The second-order valence-corrected chi connectivity index (χ2v) is 13.1. The highest BCUT2D eigenvalue weighted by Crippen LogP contribution is 2.55. The van der Waals surface area contributed by atoms with Gasteiger partial charge in [-0.2, -0.15) is 0 Å². The van der Waals surface area contributed by atoms with Crippen molar-refractivity contribution in [3.63, 3.8) is 0 Å². The molecule has 1 fully saturated rings. The molecule has 0 spiro atoms.